The summed E-state index contributed by atoms with van der Waals surface area (Å²) in [6.45, 7) is 15.3. The number of likely N-dealkylation sites (N-methyl/N-ethyl adjacent to an activating group) is 1. The van der Waals surface area contributed by atoms with Crippen molar-refractivity contribution in [3.63, 3.8) is 0 Å². The first-order chi connectivity index (χ1) is 22.6. The van der Waals surface area contributed by atoms with Gasteiger partial charge < -0.3 is 29.9 Å². The lowest BCUT2D eigenvalue weighted by Crippen LogP contribution is -2.44. The molecule has 254 valence electrons. The molecule has 0 spiro atoms. The minimum atomic E-state index is -5.08. The van der Waals surface area contributed by atoms with Gasteiger partial charge in [0.25, 0.3) is 0 Å². The third kappa shape index (κ3) is 8.40. The van der Waals surface area contributed by atoms with Gasteiger partial charge in [-0.2, -0.15) is 13.2 Å². The van der Waals surface area contributed by atoms with Crippen molar-refractivity contribution in [3.8, 4) is 22.4 Å². The molecule has 0 saturated carbocycles. The van der Waals surface area contributed by atoms with E-state index in [4.69, 9.17) is 14.6 Å². The van der Waals surface area contributed by atoms with E-state index in [1.807, 2.05) is 39.8 Å². The Morgan fingerprint density at radius 1 is 1.04 bits per heavy atom. The van der Waals surface area contributed by atoms with E-state index in [2.05, 4.69) is 69.0 Å². The van der Waals surface area contributed by atoms with Gasteiger partial charge in [0.2, 0.25) is 5.91 Å². The lowest BCUT2D eigenvalue weighted by molar-refractivity contribution is -0.192. The number of nitrogens with one attached hydrogen (secondary N) is 2. The van der Waals surface area contributed by atoms with Crippen molar-refractivity contribution in [1.29, 1.82) is 0 Å². The SMILES string of the molecule is C=CC(=O)Nc1cc(-c2c(-c3ccc(N4CCN(C)CC4)cc3)[nH]c3ncc(C(=O)OC(C)C)cc23)c(C)cc1C.O=C(O)C(F)(F)F. The number of piperazine rings is 1. The monoisotopic (exact) mass is 665 g/mol. The number of carboxylic acid groups (broad SMARTS) is 1. The number of anilines is 2. The van der Waals surface area contributed by atoms with E-state index in [-0.39, 0.29) is 12.0 Å². The fourth-order valence-corrected chi connectivity index (χ4v) is 5.30. The number of rotatable bonds is 7. The average Bonchev–Trinajstić information content (AvgIpc) is 3.41. The summed E-state index contributed by atoms with van der Waals surface area (Å²) >= 11 is 0. The zero-order valence-electron chi connectivity index (χ0n) is 27.4. The highest BCUT2D eigenvalue weighted by Crippen LogP contribution is 2.41. The molecule has 0 bridgehead atoms. The number of pyridine rings is 1. The summed E-state index contributed by atoms with van der Waals surface area (Å²) in [5.41, 5.74) is 8.63. The zero-order chi connectivity index (χ0) is 35.3. The Hall–Kier alpha value is -5.17. The minimum absolute atomic E-state index is 0.242. The van der Waals surface area contributed by atoms with Crippen LogP contribution < -0.4 is 10.2 Å². The minimum Gasteiger partial charge on any atom is -0.475 e. The normalized spacial score (nSPS) is 13.6. The Kier molecular flexibility index (Phi) is 10.9. The van der Waals surface area contributed by atoms with Crippen molar-refractivity contribution in [2.45, 2.75) is 40.0 Å². The number of aromatic nitrogens is 2. The molecule has 4 aromatic rings. The molecule has 1 aliphatic rings. The summed E-state index contributed by atoms with van der Waals surface area (Å²) in [4.78, 5) is 46.8. The number of aromatic amines is 1. The van der Waals surface area contributed by atoms with Gasteiger partial charge in [-0.15, -0.1) is 0 Å². The Morgan fingerprint density at radius 3 is 2.23 bits per heavy atom. The molecule has 10 nitrogen and oxygen atoms in total. The van der Waals surface area contributed by atoms with E-state index in [0.29, 0.717) is 16.9 Å². The third-order valence-electron chi connectivity index (χ3n) is 7.78. The summed E-state index contributed by atoms with van der Waals surface area (Å²) in [7, 11) is 2.15. The van der Waals surface area contributed by atoms with Crippen LogP contribution in [0.4, 0.5) is 24.5 Å². The highest BCUT2D eigenvalue weighted by molar-refractivity contribution is 6.07. The highest BCUT2D eigenvalue weighted by Gasteiger charge is 2.38. The number of carbonyl (C=O) groups is 3. The van der Waals surface area contributed by atoms with E-state index < -0.39 is 18.1 Å². The van der Waals surface area contributed by atoms with Crippen LogP contribution in [-0.2, 0) is 14.3 Å². The van der Waals surface area contributed by atoms with Crippen molar-refractivity contribution in [2.75, 3.05) is 43.4 Å². The molecule has 0 atom stereocenters. The number of amides is 1. The molecule has 0 unspecified atom stereocenters. The van der Waals surface area contributed by atoms with Gasteiger partial charge in [0.05, 0.1) is 17.4 Å². The molecule has 48 heavy (non-hydrogen) atoms. The summed E-state index contributed by atoms with van der Waals surface area (Å²) in [5, 5.41) is 10.9. The number of aliphatic carboxylic acids is 1. The number of alkyl halides is 3. The molecule has 3 N–H and O–H groups in total. The number of halogens is 3. The van der Waals surface area contributed by atoms with Crippen LogP contribution in [0.5, 0.6) is 0 Å². The molecular weight excluding hydrogens is 627 g/mol. The molecule has 1 fully saturated rings. The summed E-state index contributed by atoms with van der Waals surface area (Å²) in [5.74, 6) is -3.45. The highest BCUT2D eigenvalue weighted by atomic mass is 19.4. The molecule has 2 aromatic heterocycles. The van der Waals surface area contributed by atoms with Crippen molar-refractivity contribution in [3.05, 3.63) is 78.0 Å². The van der Waals surface area contributed by atoms with Crippen molar-refractivity contribution in [1.82, 2.24) is 14.9 Å². The zero-order valence-corrected chi connectivity index (χ0v) is 27.4. The van der Waals surface area contributed by atoms with Gasteiger partial charge in [-0.25, -0.2) is 14.6 Å². The molecule has 1 amide bonds. The number of fused-ring (bicyclic) bond motifs is 1. The van der Waals surface area contributed by atoms with E-state index in [9.17, 15) is 22.8 Å². The number of carbonyl (C=O) groups excluding carboxylic acids is 2. The maximum absolute atomic E-state index is 12.8. The quantitative estimate of drug-likeness (QED) is 0.149. The fraction of sp³-hybridized carbons (Fsp3) is 0.314. The first-order valence-corrected chi connectivity index (χ1v) is 15.2. The topological polar surface area (TPSA) is 128 Å². The number of carboxylic acids is 1. The molecule has 2 aromatic carbocycles. The number of esters is 1. The van der Waals surface area contributed by atoms with Gasteiger partial charge in [-0.1, -0.05) is 24.8 Å². The second-order valence-electron chi connectivity index (χ2n) is 11.8. The number of hydrogen-bond acceptors (Lipinski definition) is 7. The van der Waals surface area contributed by atoms with Gasteiger partial charge in [0.15, 0.2) is 0 Å². The number of H-pyrrole nitrogens is 1. The van der Waals surface area contributed by atoms with Crippen molar-refractivity contribution < 1.29 is 37.4 Å². The van der Waals surface area contributed by atoms with Crippen LogP contribution in [0.25, 0.3) is 33.4 Å². The maximum atomic E-state index is 12.8. The molecule has 13 heteroatoms. The predicted octanol–water partition coefficient (Wildman–Crippen LogP) is 6.59. The van der Waals surface area contributed by atoms with Gasteiger partial charge in [0.1, 0.15) is 5.65 Å². The largest absolute Gasteiger partial charge is 0.490 e. The average molecular weight is 666 g/mol. The molecule has 5 rings (SSSR count). The maximum Gasteiger partial charge on any atom is 0.490 e. The first-order valence-electron chi connectivity index (χ1n) is 15.2. The van der Waals surface area contributed by atoms with E-state index in [0.717, 1.165) is 65.1 Å². The number of nitrogens with zero attached hydrogens (tertiary/aromatic N) is 3. The van der Waals surface area contributed by atoms with Crippen LogP contribution >= 0.6 is 0 Å². The molecular formula is C35H38F3N5O5. The van der Waals surface area contributed by atoms with Crippen LogP contribution in [0, 0.1) is 13.8 Å². The van der Waals surface area contributed by atoms with Gasteiger partial charge in [-0.3, -0.25) is 4.79 Å². The molecule has 1 saturated heterocycles. The fourth-order valence-electron chi connectivity index (χ4n) is 5.30. The lowest BCUT2D eigenvalue weighted by Gasteiger charge is -2.34. The van der Waals surface area contributed by atoms with Gasteiger partial charge >= 0.3 is 18.1 Å². The molecule has 3 heterocycles. The number of benzene rings is 2. The Balaban J connectivity index is 0.000000671. The predicted molar refractivity (Wildman–Crippen MR) is 179 cm³/mol. The van der Waals surface area contributed by atoms with Gasteiger partial charge in [0, 0.05) is 54.7 Å². The van der Waals surface area contributed by atoms with Crippen LogP contribution in [0.1, 0.15) is 35.3 Å². The van der Waals surface area contributed by atoms with Crippen molar-refractivity contribution >= 4 is 40.3 Å². The molecule has 0 radical (unpaired) electrons. The summed E-state index contributed by atoms with van der Waals surface area (Å²) < 4.78 is 37.2. The Bertz CT molecular complexity index is 1830. The smallest absolute Gasteiger partial charge is 0.475 e. The molecule has 1 aliphatic heterocycles. The van der Waals surface area contributed by atoms with E-state index in [1.165, 1.54) is 11.8 Å². The van der Waals surface area contributed by atoms with E-state index >= 15 is 0 Å². The number of aryl methyl sites for hydroxylation is 2. The molecule has 0 aliphatic carbocycles. The Morgan fingerprint density at radius 2 is 1.67 bits per heavy atom. The Labute approximate surface area is 276 Å². The van der Waals surface area contributed by atoms with E-state index in [1.54, 1.807) is 6.20 Å². The van der Waals surface area contributed by atoms with Crippen LogP contribution in [0.3, 0.4) is 0 Å². The van der Waals surface area contributed by atoms with Crippen LogP contribution in [0.15, 0.2) is 61.3 Å². The van der Waals surface area contributed by atoms with Crippen LogP contribution in [-0.4, -0.2) is 83.3 Å². The number of hydrogen-bond donors (Lipinski definition) is 3. The lowest BCUT2D eigenvalue weighted by atomic mass is 9.93. The second kappa shape index (κ2) is 14.7. The first kappa shape index (κ1) is 35.7. The second-order valence-corrected chi connectivity index (χ2v) is 11.8. The van der Waals surface area contributed by atoms with Gasteiger partial charge in [-0.05, 0) is 87.3 Å². The number of ether oxygens (including phenoxy) is 1. The standard InChI is InChI=1S/C33H37N5O3.C2HF3O2/c1-7-29(39)35-28-18-26(21(4)16-22(28)5)30-27-17-24(33(40)41-20(2)3)19-34-32(27)36-31(30)23-8-10-25(11-9-23)38-14-12-37(6)13-15-38;3-2(4,5)1(6)7/h7-11,16-20H,1,12-15H2,2-6H3,(H,34,36)(H,35,39);(H,6,7). The third-order valence-corrected chi connectivity index (χ3v) is 7.78. The summed E-state index contributed by atoms with van der Waals surface area (Å²) in [6.07, 6.45) is -2.52. The van der Waals surface area contributed by atoms with Crippen LogP contribution in [0.2, 0.25) is 0 Å². The van der Waals surface area contributed by atoms with Crippen molar-refractivity contribution in [2.24, 2.45) is 0 Å². The summed E-state index contributed by atoms with van der Waals surface area (Å²) in [6, 6.07) is 14.4.